The van der Waals surface area contributed by atoms with Gasteiger partial charge < -0.3 is 15.7 Å². The lowest BCUT2D eigenvalue weighted by molar-refractivity contribution is -0.135. The maximum atomic E-state index is 11.0. The minimum atomic E-state index is -0.822. The van der Waals surface area contributed by atoms with E-state index in [1.165, 1.54) is 0 Å². The lowest BCUT2D eigenvalue weighted by atomic mass is 10.1. The van der Waals surface area contributed by atoms with Gasteiger partial charge in [0, 0.05) is 0 Å². The van der Waals surface area contributed by atoms with E-state index in [9.17, 15) is 14.4 Å². The molecule has 2 rings (SSSR count). The van der Waals surface area contributed by atoms with Crippen molar-refractivity contribution in [2.45, 2.75) is 0 Å². The number of fused-ring (bicyclic) bond motifs is 1. The molecule has 6 heteroatoms. The molecule has 0 saturated carbocycles. The van der Waals surface area contributed by atoms with Crippen LogP contribution in [0.4, 0.5) is 5.69 Å². The average Bonchev–Trinajstić information content (AvgIpc) is 2.56. The Labute approximate surface area is 97.6 Å². The Hall–Kier alpha value is -2.21. The van der Waals surface area contributed by atoms with Crippen LogP contribution in [0.3, 0.4) is 0 Å². The molecule has 0 spiro atoms. The average molecular weight is 236 g/mol. The summed E-state index contributed by atoms with van der Waals surface area (Å²) < 4.78 is 0. The molecule has 3 N–H and O–H groups in total. The van der Waals surface area contributed by atoms with E-state index in [0.29, 0.717) is 11.3 Å². The van der Waals surface area contributed by atoms with Crippen molar-refractivity contribution in [2.24, 2.45) is 0 Å². The van der Waals surface area contributed by atoms with E-state index in [-0.39, 0.29) is 6.54 Å². The van der Waals surface area contributed by atoms with E-state index in [1.807, 2.05) is 0 Å². The second-order valence-corrected chi connectivity index (χ2v) is 3.25. The van der Waals surface area contributed by atoms with E-state index in [4.69, 9.17) is 5.11 Å². The Kier molecular flexibility index (Phi) is 4.36. The molecule has 0 aromatic heterocycles. The number of carboxylic acids is 1. The van der Waals surface area contributed by atoms with E-state index in [2.05, 4.69) is 10.6 Å². The molecule has 1 amide bonds. The van der Waals surface area contributed by atoms with Gasteiger partial charge in [0.15, 0.2) is 0 Å². The zero-order valence-electron chi connectivity index (χ0n) is 9.19. The molecular weight excluding hydrogens is 224 g/mol. The highest BCUT2D eigenvalue weighted by Gasteiger charge is 2.26. The van der Waals surface area contributed by atoms with Crippen molar-refractivity contribution in [2.75, 3.05) is 18.9 Å². The van der Waals surface area contributed by atoms with Gasteiger partial charge in [0.25, 0.3) is 11.7 Å². The second kappa shape index (κ2) is 5.76. The highest BCUT2D eigenvalue weighted by molar-refractivity contribution is 6.51. The predicted octanol–water partition coefficient (Wildman–Crippen LogP) is 0.112. The summed E-state index contributed by atoms with van der Waals surface area (Å²) in [6.45, 7) is 0.0417. The number of carbonyl (C=O) groups is 3. The van der Waals surface area contributed by atoms with Crippen molar-refractivity contribution in [3.8, 4) is 0 Å². The van der Waals surface area contributed by atoms with Crippen LogP contribution in [0.25, 0.3) is 0 Å². The lowest BCUT2D eigenvalue weighted by Crippen LogP contribution is -2.16. The predicted molar refractivity (Wildman–Crippen MR) is 61.0 cm³/mol. The van der Waals surface area contributed by atoms with Gasteiger partial charge in [0.05, 0.1) is 17.8 Å². The van der Waals surface area contributed by atoms with Gasteiger partial charge in [-0.3, -0.25) is 14.4 Å². The first-order valence-corrected chi connectivity index (χ1v) is 4.87. The maximum absolute atomic E-state index is 11.0. The van der Waals surface area contributed by atoms with Gasteiger partial charge in [-0.15, -0.1) is 0 Å². The van der Waals surface area contributed by atoms with Gasteiger partial charge in [-0.1, -0.05) is 12.1 Å². The topological polar surface area (TPSA) is 95.5 Å². The molecule has 0 bridgehead atoms. The Bertz CT molecular complexity index is 457. The third-order valence-corrected chi connectivity index (χ3v) is 1.95. The van der Waals surface area contributed by atoms with E-state index in [0.717, 1.165) is 0 Å². The number of carbonyl (C=O) groups excluding carboxylic acids is 2. The fourth-order valence-electron chi connectivity index (χ4n) is 1.24. The molecule has 17 heavy (non-hydrogen) atoms. The van der Waals surface area contributed by atoms with Crippen molar-refractivity contribution in [3.05, 3.63) is 29.8 Å². The minimum Gasteiger partial charge on any atom is -0.480 e. The minimum absolute atomic E-state index is 0.0417. The summed E-state index contributed by atoms with van der Waals surface area (Å²) in [5, 5.41) is 12.8. The number of anilines is 1. The number of hydrogen-bond donors (Lipinski definition) is 3. The number of rotatable bonds is 2. The van der Waals surface area contributed by atoms with Crippen LogP contribution in [0, 0.1) is 0 Å². The number of Topliss-reactive ketones (excluding diaryl/α,β-unsaturated/α-hetero) is 1. The Morgan fingerprint density at radius 2 is 2.00 bits per heavy atom. The summed E-state index contributed by atoms with van der Waals surface area (Å²) in [5.41, 5.74) is 1.08. The van der Waals surface area contributed by atoms with Crippen molar-refractivity contribution >= 4 is 23.3 Å². The highest BCUT2D eigenvalue weighted by Crippen LogP contribution is 2.21. The van der Waals surface area contributed by atoms with Crippen LogP contribution < -0.4 is 10.6 Å². The molecule has 0 atom stereocenters. The second-order valence-electron chi connectivity index (χ2n) is 3.25. The number of aliphatic carboxylic acids is 1. The molecule has 1 aromatic rings. The number of ketones is 1. The summed E-state index contributed by atoms with van der Waals surface area (Å²) >= 11 is 0. The summed E-state index contributed by atoms with van der Waals surface area (Å²) in [6, 6.07) is 6.85. The van der Waals surface area contributed by atoms with Gasteiger partial charge in [0.1, 0.15) is 0 Å². The number of likely N-dealkylation sites (N-methyl/N-ethyl adjacent to an activating group) is 1. The third-order valence-electron chi connectivity index (χ3n) is 1.95. The highest BCUT2D eigenvalue weighted by atomic mass is 16.4. The standard InChI is InChI=1S/C8H5NO2.C3H7NO2/c10-7-5-3-1-2-4-6(5)9-8(7)11;1-4-2-3(5)6/h1-4H,(H,9,10,11);4H,2H2,1H3,(H,5,6). The first-order chi connectivity index (χ1) is 8.06. The molecule has 0 unspecified atom stereocenters. The van der Waals surface area contributed by atoms with Crippen LogP contribution in [0.2, 0.25) is 0 Å². The molecule has 0 fully saturated rings. The summed E-state index contributed by atoms with van der Waals surface area (Å²) in [6.07, 6.45) is 0. The molecule has 1 aliphatic heterocycles. The van der Waals surface area contributed by atoms with Gasteiger partial charge in [0.2, 0.25) is 0 Å². The van der Waals surface area contributed by atoms with E-state index < -0.39 is 17.7 Å². The molecule has 1 aromatic carbocycles. The molecule has 90 valence electrons. The summed E-state index contributed by atoms with van der Waals surface area (Å²) in [4.78, 5) is 31.3. The van der Waals surface area contributed by atoms with Gasteiger partial charge in [-0.25, -0.2) is 0 Å². The normalized spacial score (nSPS) is 12.3. The summed E-state index contributed by atoms with van der Waals surface area (Å²) in [5.74, 6) is -1.80. The number of benzene rings is 1. The van der Waals surface area contributed by atoms with Crippen molar-refractivity contribution in [1.82, 2.24) is 5.32 Å². The van der Waals surface area contributed by atoms with Gasteiger partial charge in [-0.05, 0) is 19.2 Å². The molecular formula is C11H12N2O4. The van der Waals surface area contributed by atoms with E-state index >= 15 is 0 Å². The van der Waals surface area contributed by atoms with Crippen LogP contribution in [-0.4, -0.2) is 36.4 Å². The summed E-state index contributed by atoms with van der Waals surface area (Å²) in [7, 11) is 1.59. The smallest absolute Gasteiger partial charge is 0.317 e. The van der Waals surface area contributed by atoms with Crippen LogP contribution in [0.15, 0.2) is 24.3 Å². The van der Waals surface area contributed by atoms with Gasteiger partial charge >= 0.3 is 5.97 Å². The van der Waals surface area contributed by atoms with Crippen molar-refractivity contribution < 1.29 is 19.5 Å². The third kappa shape index (κ3) is 3.39. The van der Waals surface area contributed by atoms with Crippen molar-refractivity contribution in [1.29, 1.82) is 0 Å². The number of carboxylic acid groups (broad SMARTS) is 1. The van der Waals surface area contributed by atoms with Crippen LogP contribution >= 0.6 is 0 Å². The fraction of sp³-hybridized carbons (Fsp3) is 0.182. The molecule has 6 nitrogen and oxygen atoms in total. The first-order valence-electron chi connectivity index (χ1n) is 4.87. The number of hydrogen-bond acceptors (Lipinski definition) is 4. The lowest BCUT2D eigenvalue weighted by Gasteiger charge is -1.91. The largest absolute Gasteiger partial charge is 0.480 e. The zero-order valence-corrected chi connectivity index (χ0v) is 9.19. The fourth-order valence-corrected chi connectivity index (χ4v) is 1.24. The Morgan fingerprint density at radius 3 is 2.47 bits per heavy atom. The molecule has 1 heterocycles. The van der Waals surface area contributed by atoms with Crippen LogP contribution in [-0.2, 0) is 9.59 Å². The Morgan fingerprint density at radius 1 is 1.35 bits per heavy atom. The zero-order chi connectivity index (χ0) is 12.8. The van der Waals surface area contributed by atoms with Crippen LogP contribution in [0.5, 0.6) is 0 Å². The van der Waals surface area contributed by atoms with Crippen molar-refractivity contribution in [3.63, 3.8) is 0 Å². The number of nitrogens with one attached hydrogen (secondary N) is 2. The monoisotopic (exact) mass is 236 g/mol. The van der Waals surface area contributed by atoms with Crippen LogP contribution in [0.1, 0.15) is 10.4 Å². The molecule has 0 radical (unpaired) electrons. The SMILES string of the molecule is CNCC(=O)O.O=C1Nc2ccccc2C1=O. The van der Waals surface area contributed by atoms with Gasteiger partial charge in [-0.2, -0.15) is 0 Å². The number of amides is 1. The first kappa shape index (κ1) is 12.9. The molecule has 0 aliphatic carbocycles. The molecule has 0 saturated heterocycles. The van der Waals surface area contributed by atoms with E-state index in [1.54, 1.807) is 31.3 Å². The maximum Gasteiger partial charge on any atom is 0.317 e. The molecule has 1 aliphatic rings. The Balaban J connectivity index is 0.000000209. The quantitative estimate of drug-likeness (QED) is 0.633. The number of para-hydroxylation sites is 1.